The lowest BCUT2D eigenvalue weighted by atomic mass is 10.4. The second-order valence-corrected chi connectivity index (χ2v) is 3.61. The van der Waals surface area contributed by atoms with E-state index in [2.05, 4.69) is 4.98 Å². The van der Waals surface area contributed by atoms with Crippen LogP contribution in [0.2, 0.25) is 0 Å². The average molecular weight is 219 g/mol. The van der Waals surface area contributed by atoms with Crippen molar-refractivity contribution in [3.05, 3.63) is 52.1 Å². The highest BCUT2D eigenvalue weighted by molar-refractivity contribution is 5.08. The summed E-state index contributed by atoms with van der Waals surface area (Å²) in [6.07, 6.45) is 3.30. The summed E-state index contributed by atoms with van der Waals surface area (Å²) in [5.41, 5.74) is 6.09. The Hall–Kier alpha value is -1.88. The molecule has 0 radical (unpaired) electrons. The van der Waals surface area contributed by atoms with Crippen molar-refractivity contribution >= 4 is 0 Å². The molecular weight excluding hydrogens is 206 g/mol. The Morgan fingerprint density at radius 2 is 2.19 bits per heavy atom. The summed E-state index contributed by atoms with van der Waals surface area (Å²) in [6.45, 7) is 2.63. The number of rotatable bonds is 3. The molecule has 0 spiro atoms. The highest BCUT2D eigenvalue weighted by Gasteiger charge is 2.03. The van der Waals surface area contributed by atoms with Gasteiger partial charge in [0.2, 0.25) is 0 Å². The minimum atomic E-state index is -0.281. The molecule has 5 heteroatoms. The van der Waals surface area contributed by atoms with Crippen molar-refractivity contribution in [1.82, 2.24) is 9.55 Å². The molecule has 0 atom stereocenters. The molecule has 0 saturated carbocycles. The van der Waals surface area contributed by atoms with E-state index in [1.54, 1.807) is 12.4 Å². The molecule has 2 aromatic heterocycles. The van der Waals surface area contributed by atoms with Gasteiger partial charge in [0.15, 0.2) is 0 Å². The van der Waals surface area contributed by atoms with Gasteiger partial charge in [0, 0.05) is 12.4 Å². The highest BCUT2D eigenvalue weighted by Crippen LogP contribution is 2.08. The Morgan fingerprint density at radius 1 is 1.44 bits per heavy atom. The maximum absolute atomic E-state index is 11.4. The zero-order chi connectivity index (χ0) is 11.5. The van der Waals surface area contributed by atoms with E-state index in [0.29, 0.717) is 24.6 Å². The van der Waals surface area contributed by atoms with Crippen LogP contribution < -0.4 is 11.4 Å². The molecule has 0 bridgehead atoms. The van der Waals surface area contributed by atoms with E-state index in [4.69, 9.17) is 10.2 Å². The van der Waals surface area contributed by atoms with Gasteiger partial charge in [-0.05, 0) is 24.6 Å². The SMILES string of the molecule is Cc1cnc(=O)n(Cc2ccc(CN)o2)c1. The summed E-state index contributed by atoms with van der Waals surface area (Å²) < 4.78 is 6.93. The Balaban J connectivity index is 2.26. The van der Waals surface area contributed by atoms with Crippen molar-refractivity contribution in [2.24, 2.45) is 5.73 Å². The predicted molar refractivity (Wildman–Crippen MR) is 58.9 cm³/mol. The van der Waals surface area contributed by atoms with E-state index in [-0.39, 0.29) is 5.69 Å². The van der Waals surface area contributed by atoms with Crippen LogP contribution in [-0.4, -0.2) is 9.55 Å². The number of nitrogens with zero attached hydrogens (tertiary/aromatic N) is 2. The Morgan fingerprint density at radius 3 is 2.88 bits per heavy atom. The normalized spacial score (nSPS) is 10.6. The number of hydrogen-bond acceptors (Lipinski definition) is 4. The van der Waals surface area contributed by atoms with E-state index in [0.717, 1.165) is 5.56 Å². The van der Waals surface area contributed by atoms with Crippen molar-refractivity contribution in [2.45, 2.75) is 20.0 Å². The molecule has 16 heavy (non-hydrogen) atoms. The molecule has 84 valence electrons. The molecule has 0 saturated heterocycles. The molecule has 0 aromatic carbocycles. The minimum absolute atomic E-state index is 0.281. The quantitative estimate of drug-likeness (QED) is 0.822. The van der Waals surface area contributed by atoms with Crippen LogP contribution >= 0.6 is 0 Å². The standard InChI is InChI=1S/C11H13N3O2/c1-8-5-13-11(15)14(6-8)7-10-3-2-9(4-12)16-10/h2-3,5-6H,4,7,12H2,1H3. The second-order valence-electron chi connectivity index (χ2n) is 3.61. The number of hydrogen-bond donors (Lipinski definition) is 1. The number of aryl methyl sites for hydroxylation is 1. The highest BCUT2D eigenvalue weighted by atomic mass is 16.3. The van der Waals surface area contributed by atoms with E-state index in [1.807, 2.05) is 19.1 Å². The maximum Gasteiger partial charge on any atom is 0.347 e. The molecule has 2 rings (SSSR count). The van der Waals surface area contributed by atoms with E-state index in [1.165, 1.54) is 4.57 Å². The van der Waals surface area contributed by atoms with Gasteiger partial charge in [-0.1, -0.05) is 0 Å². The Labute approximate surface area is 92.5 Å². The van der Waals surface area contributed by atoms with Crippen molar-refractivity contribution in [3.63, 3.8) is 0 Å². The predicted octanol–water partition coefficient (Wildman–Crippen LogP) is 0.652. The van der Waals surface area contributed by atoms with Crippen molar-refractivity contribution < 1.29 is 4.42 Å². The lowest BCUT2D eigenvalue weighted by molar-refractivity contribution is 0.450. The lowest BCUT2D eigenvalue weighted by Gasteiger charge is -2.02. The summed E-state index contributed by atoms with van der Waals surface area (Å²) in [5.74, 6) is 1.42. The van der Waals surface area contributed by atoms with Gasteiger partial charge < -0.3 is 10.2 Å². The first kappa shape index (κ1) is 10.6. The molecule has 0 aliphatic rings. The van der Waals surface area contributed by atoms with Crippen LogP contribution in [0, 0.1) is 6.92 Å². The first-order chi connectivity index (χ1) is 7.69. The van der Waals surface area contributed by atoms with Crippen molar-refractivity contribution in [2.75, 3.05) is 0 Å². The average Bonchev–Trinajstić information content (AvgIpc) is 2.71. The third kappa shape index (κ3) is 2.20. The Bertz CT molecular complexity index is 542. The van der Waals surface area contributed by atoms with Gasteiger partial charge in [-0.3, -0.25) is 4.57 Å². The molecule has 2 heterocycles. The minimum Gasteiger partial charge on any atom is -0.463 e. The summed E-state index contributed by atoms with van der Waals surface area (Å²) in [7, 11) is 0. The monoisotopic (exact) mass is 219 g/mol. The van der Waals surface area contributed by atoms with Gasteiger partial charge in [0.05, 0.1) is 13.1 Å². The van der Waals surface area contributed by atoms with Crippen LogP contribution in [0.3, 0.4) is 0 Å². The smallest absolute Gasteiger partial charge is 0.347 e. The fourth-order valence-corrected chi connectivity index (χ4v) is 1.46. The van der Waals surface area contributed by atoms with Crippen LogP contribution in [-0.2, 0) is 13.1 Å². The third-order valence-electron chi connectivity index (χ3n) is 2.23. The molecule has 0 unspecified atom stereocenters. The molecule has 0 amide bonds. The van der Waals surface area contributed by atoms with Crippen LogP contribution in [0.4, 0.5) is 0 Å². The summed E-state index contributed by atoms with van der Waals surface area (Å²) in [5, 5.41) is 0. The fourth-order valence-electron chi connectivity index (χ4n) is 1.46. The van der Waals surface area contributed by atoms with Crippen molar-refractivity contribution in [1.29, 1.82) is 0 Å². The Kier molecular flexibility index (Phi) is 2.87. The molecular formula is C11H13N3O2. The van der Waals surface area contributed by atoms with E-state index >= 15 is 0 Å². The van der Waals surface area contributed by atoms with Crippen LogP contribution in [0.25, 0.3) is 0 Å². The third-order valence-corrected chi connectivity index (χ3v) is 2.23. The van der Waals surface area contributed by atoms with Crippen LogP contribution in [0.15, 0.2) is 33.7 Å². The number of nitrogens with two attached hydrogens (primary N) is 1. The topological polar surface area (TPSA) is 74.0 Å². The zero-order valence-electron chi connectivity index (χ0n) is 9.01. The summed E-state index contributed by atoms with van der Waals surface area (Å²) in [6, 6.07) is 3.63. The number of furan rings is 1. The number of aromatic nitrogens is 2. The van der Waals surface area contributed by atoms with Gasteiger partial charge in [-0.2, -0.15) is 0 Å². The molecule has 0 fully saturated rings. The molecule has 5 nitrogen and oxygen atoms in total. The molecule has 2 aromatic rings. The maximum atomic E-state index is 11.4. The van der Waals surface area contributed by atoms with Gasteiger partial charge in [-0.15, -0.1) is 0 Å². The van der Waals surface area contributed by atoms with Crippen LogP contribution in [0.5, 0.6) is 0 Å². The molecule has 0 aliphatic carbocycles. The van der Waals surface area contributed by atoms with Gasteiger partial charge in [-0.25, -0.2) is 9.78 Å². The van der Waals surface area contributed by atoms with Gasteiger partial charge in [0.25, 0.3) is 0 Å². The second kappa shape index (κ2) is 4.32. The zero-order valence-corrected chi connectivity index (χ0v) is 9.01. The van der Waals surface area contributed by atoms with E-state index in [9.17, 15) is 4.79 Å². The first-order valence-electron chi connectivity index (χ1n) is 5.00. The summed E-state index contributed by atoms with van der Waals surface area (Å²) >= 11 is 0. The van der Waals surface area contributed by atoms with Crippen molar-refractivity contribution in [3.8, 4) is 0 Å². The van der Waals surface area contributed by atoms with Crippen LogP contribution in [0.1, 0.15) is 17.1 Å². The lowest BCUT2D eigenvalue weighted by Crippen LogP contribution is -2.22. The van der Waals surface area contributed by atoms with Gasteiger partial charge in [0.1, 0.15) is 11.5 Å². The summed E-state index contributed by atoms with van der Waals surface area (Å²) in [4.78, 5) is 15.2. The van der Waals surface area contributed by atoms with Gasteiger partial charge >= 0.3 is 5.69 Å². The van der Waals surface area contributed by atoms with E-state index < -0.39 is 0 Å². The fraction of sp³-hybridized carbons (Fsp3) is 0.273. The first-order valence-corrected chi connectivity index (χ1v) is 5.00. The largest absolute Gasteiger partial charge is 0.463 e. The molecule has 0 aliphatic heterocycles. The molecule has 2 N–H and O–H groups in total.